The SMILES string of the molecule is C[C@@H]1O[C@@H](O[C@H]2[C@H](O[C@H]3[C@H](OC[C@H]4O[C@@H](O)[C@H](O)[C@@H](O)[C@@H]4O)OC[C@H](O)[C@@H]3O)O[C@H](CO)[C@@H](O)[C@@H]2O[C@@H]2O[C@H](CO)[C@@H](O)[C@H](O)[C@H]2O[C@@H]2O[C@H](CO)[C@@H](O)[C@H](O)[C@H]2O)[C@H](O)[C@H](O)[C@H]1O. The smallest absolute Gasteiger partial charge is 0.187 e. The average Bonchev–Trinajstić information content (AvgIpc) is 3.27. The summed E-state index contributed by atoms with van der Waals surface area (Å²) in [4.78, 5) is 0. The minimum Gasteiger partial charge on any atom is -0.394 e. The molecule has 0 aromatic carbocycles. The normalized spacial score (nSPS) is 54.1. The molecule has 6 saturated heterocycles. The lowest BCUT2D eigenvalue weighted by molar-refractivity contribution is -0.414. The maximum atomic E-state index is 11.7. The molecule has 0 aliphatic carbocycles. The number of aliphatic hydroxyl groups is 18. The number of aliphatic hydroxyl groups excluding tert-OH is 18. The molecule has 29 heteroatoms. The van der Waals surface area contributed by atoms with E-state index in [1.165, 1.54) is 6.92 Å². The second-order valence-corrected chi connectivity index (χ2v) is 16.3. The van der Waals surface area contributed by atoms with Crippen LogP contribution in [0.1, 0.15) is 6.92 Å². The van der Waals surface area contributed by atoms with Crippen LogP contribution in [-0.2, 0) is 52.1 Å². The van der Waals surface area contributed by atoms with Crippen LogP contribution in [0.15, 0.2) is 0 Å². The second-order valence-electron chi connectivity index (χ2n) is 16.3. The van der Waals surface area contributed by atoms with Gasteiger partial charge in [0.15, 0.2) is 37.7 Å². The Kier molecular flexibility index (Phi) is 18.0. The number of rotatable bonds is 14. The maximum Gasteiger partial charge on any atom is 0.187 e. The fourth-order valence-corrected chi connectivity index (χ4v) is 8.00. The van der Waals surface area contributed by atoms with Gasteiger partial charge in [0.2, 0.25) is 0 Å². The van der Waals surface area contributed by atoms with Gasteiger partial charge in [-0.05, 0) is 6.92 Å². The first-order valence-corrected chi connectivity index (χ1v) is 20.4. The summed E-state index contributed by atoms with van der Waals surface area (Å²) >= 11 is 0. The van der Waals surface area contributed by atoms with Crippen LogP contribution in [0.4, 0.5) is 0 Å². The fourth-order valence-electron chi connectivity index (χ4n) is 8.00. The van der Waals surface area contributed by atoms with E-state index >= 15 is 0 Å². The van der Waals surface area contributed by atoms with Crippen LogP contribution in [0.3, 0.4) is 0 Å². The van der Waals surface area contributed by atoms with Crippen LogP contribution < -0.4 is 0 Å². The minimum atomic E-state index is -2.13. The Morgan fingerprint density at radius 3 is 1.42 bits per heavy atom. The highest BCUT2D eigenvalue weighted by atomic mass is 16.8. The van der Waals surface area contributed by atoms with Gasteiger partial charge in [-0.3, -0.25) is 0 Å². The molecule has 6 fully saturated rings. The third kappa shape index (κ3) is 10.7. The molecule has 0 saturated carbocycles. The number of hydrogen-bond donors (Lipinski definition) is 18. The van der Waals surface area contributed by atoms with E-state index in [9.17, 15) is 91.9 Å². The predicted molar refractivity (Wildman–Crippen MR) is 192 cm³/mol. The molecule has 18 N–H and O–H groups in total. The molecule has 0 spiro atoms. The van der Waals surface area contributed by atoms with Gasteiger partial charge in [-0.1, -0.05) is 0 Å². The van der Waals surface area contributed by atoms with Gasteiger partial charge < -0.3 is 144 Å². The highest BCUT2D eigenvalue weighted by molar-refractivity contribution is 4.99. The van der Waals surface area contributed by atoms with Gasteiger partial charge in [0, 0.05) is 0 Å². The number of ether oxygens (including phenoxy) is 11. The average molecular weight is 945 g/mol. The predicted octanol–water partition coefficient (Wildman–Crippen LogP) is -12.4. The lowest BCUT2D eigenvalue weighted by Crippen LogP contribution is -2.69. The van der Waals surface area contributed by atoms with Crippen LogP contribution in [0.5, 0.6) is 0 Å². The van der Waals surface area contributed by atoms with E-state index in [0.717, 1.165) is 0 Å². The van der Waals surface area contributed by atoms with E-state index in [2.05, 4.69) is 0 Å². The van der Waals surface area contributed by atoms with Crippen LogP contribution in [0.2, 0.25) is 0 Å². The Hall–Kier alpha value is -1.16. The lowest BCUT2D eigenvalue weighted by Gasteiger charge is -2.51. The largest absolute Gasteiger partial charge is 0.394 e. The third-order valence-electron chi connectivity index (χ3n) is 12.0. The highest BCUT2D eigenvalue weighted by Crippen LogP contribution is 2.37. The van der Waals surface area contributed by atoms with E-state index in [-0.39, 0.29) is 0 Å². The molecular formula is C35H60O29. The van der Waals surface area contributed by atoms with Crippen molar-refractivity contribution >= 4 is 0 Å². The van der Waals surface area contributed by atoms with E-state index in [1.54, 1.807) is 0 Å². The molecule has 29 nitrogen and oxygen atoms in total. The highest BCUT2D eigenvalue weighted by Gasteiger charge is 2.58. The second kappa shape index (κ2) is 22.1. The third-order valence-corrected chi connectivity index (χ3v) is 12.0. The van der Waals surface area contributed by atoms with E-state index in [1.807, 2.05) is 0 Å². The Morgan fingerprint density at radius 1 is 0.375 bits per heavy atom. The van der Waals surface area contributed by atoms with E-state index in [0.29, 0.717) is 0 Å². The van der Waals surface area contributed by atoms with Crippen molar-refractivity contribution < 1.29 is 144 Å². The zero-order chi connectivity index (χ0) is 47.1. The van der Waals surface area contributed by atoms with Crippen molar-refractivity contribution in [2.45, 2.75) is 185 Å². The van der Waals surface area contributed by atoms with Crippen LogP contribution >= 0.6 is 0 Å². The summed E-state index contributed by atoms with van der Waals surface area (Å²) in [6, 6.07) is 0. The Balaban J connectivity index is 1.33. The van der Waals surface area contributed by atoms with Crippen molar-refractivity contribution in [1.82, 2.24) is 0 Å². The quantitative estimate of drug-likeness (QED) is 0.0769. The first-order chi connectivity index (χ1) is 30.2. The van der Waals surface area contributed by atoms with Crippen LogP contribution in [-0.4, -0.2) is 303 Å². The van der Waals surface area contributed by atoms with Gasteiger partial charge in [0.05, 0.1) is 39.1 Å². The Morgan fingerprint density at radius 2 is 0.812 bits per heavy atom. The van der Waals surface area contributed by atoms with Crippen molar-refractivity contribution in [2.24, 2.45) is 0 Å². The van der Waals surface area contributed by atoms with Crippen molar-refractivity contribution in [3.05, 3.63) is 0 Å². The molecule has 64 heavy (non-hydrogen) atoms. The zero-order valence-corrected chi connectivity index (χ0v) is 33.8. The number of hydrogen-bond acceptors (Lipinski definition) is 29. The summed E-state index contributed by atoms with van der Waals surface area (Å²) in [5, 5.41) is 190. The molecule has 0 radical (unpaired) electrons. The first-order valence-electron chi connectivity index (χ1n) is 20.4. The van der Waals surface area contributed by atoms with Gasteiger partial charge >= 0.3 is 0 Å². The molecule has 6 heterocycles. The maximum absolute atomic E-state index is 11.7. The summed E-state index contributed by atoms with van der Waals surface area (Å²) in [6.45, 7) is -2.99. The summed E-state index contributed by atoms with van der Waals surface area (Å²) in [7, 11) is 0. The lowest BCUT2D eigenvalue weighted by atomic mass is 9.95. The summed E-state index contributed by atoms with van der Waals surface area (Å²) in [6.07, 6.45) is -54.9. The molecule has 6 aliphatic rings. The van der Waals surface area contributed by atoms with E-state index < -0.39 is 211 Å². The monoisotopic (exact) mass is 944 g/mol. The van der Waals surface area contributed by atoms with Crippen molar-refractivity contribution in [2.75, 3.05) is 33.0 Å². The molecule has 0 amide bonds. The summed E-state index contributed by atoms with van der Waals surface area (Å²) < 4.78 is 62.9. The summed E-state index contributed by atoms with van der Waals surface area (Å²) in [5.74, 6) is 0. The zero-order valence-electron chi connectivity index (χ0n) is 33.8. The van der Waals surface area contributed by atoms with Gasteiger partial charge in [-0.15, -0.1) is 0 Å². The summed E-state index contributed by atoms with van der Waals surface area (Å²) in [5.41, 5.74) is 0. The van der Waals surface area contributed by atoms with Gasteiger partial charge in [-0.2, -0.15) is 0 Å². The van der Waals surface area contributed by atoms with E-state index in [4.69, 9.17) is 52.1 Å². The molecule has 374 valence electrons. The van der Waals surface area contributed by atoms with Crippen LogP contribution in [0, 0.1) is 0 Å². The minimum absolute atomic E-state index is 0.603. The molecule has 29 atom stereocenters. The fraction of sp³-hybridized carbons (Fsp3) is 1.00. The first kappa shape index (κ1) is 52.2. The van der Waals surface area contributed by atoms with Gasteiger partial charge in [0.1, 0.15) is 134 Å². The molecular weight excluding hydrogens is 884 g/mol. The van der Waals surface area contributed by atoms with Crippen LogP contribution in [0.25, 0.3) is 0 Å². The van der Waals surface area contributed by atoms with Crippen molar-refractivity contribution in [1.29, 1.82) is 0 Å². The Labute approximate surface area is 362 Å². The molecule has 0 aromatic rings. The van der Waals surface area contributed by atoms with Crippen molar-refractivity contribution in [3.63, 3.8) is 0 Å². The molecule has 0 unspecified atom stereocenters. The molecule has 6 rings (SSSR count). The molecule has 0 aromatic heterocycles. The van der Waals surface area contributed by atoms with Crippen molar-refractivity contribution in [3.8, 4) is 0 Å². The Bertz CT molecular complexity index is 1440. The molecule has 0 bridgehead atoms. The van der Waals surface area contributed by atoms with Gasteiger partial charge in [-0.25, -0.2) is 0 Å². The standard InChI is InChI=1S/C35H60O29/c1-7-13(40)19(46)24(51)31(56-7)64-29-26(61-34-28(22(49)16(43)10(3-37)59-34)62-32-25(52)21(48)15(42)9(2-36)58-32)18(45)11(4-38)60-35(29)63-27-14(41)8(39)5-54-33(27)55-6-12-17(44)20(47)23(50)30(53)57-12/h7-53H,2-6H2,1H3/t7-,8-,9+,10+,11+,12+,13-,14-,15+,16+,17+,18+,19+,20-,21-,22-,23+,24+,25+,26-,27+,28+,29+,30+,31-,32-,33-,34-,35-/m0/s1. The van der Waals surface area contributed by atoms with Gasteiger partial charge in [0.25, 0.3) is 0 Å². The topological polar surface area (TPSA) is 466 Å². The molecule has 6 aliphatic heterocycles.